The molecule has 1 aliphatic heterocycles. The number of nitrogens with zero attached hydrogens (tertiary/aromatic N) is 1. The van der Waals surface area contributed by atoms with Crippen LogP contribution in [0.15, 0.2) is 48.5 Å². The standard InChI is InChI=1S/C26H29Cl2NO5S/c1-26(14-23(30)31)13-21(18-4-3-5-20(28)12-18)24(17-8-10-19(27)11-9-17)29(25(26)32)22(16-6-7-16)15-35(2,33)34/h3-5,8-12,16,21-22,24H,6-7,13-15H2,1-2H3,(H,30,31)/t21-,22-,24-,26-/m1/s1. The molecule has 0 bridgehead atoms. The van der Waals surface area contributed by atoms with Gasteiger partial charge in [-0.25, -0.2) is 8.42 Å². The lowest BCUT2D eigenvalue weighted by molar-refractivity contribution is -0.160. The number of hydrogen-bond acceptors (Lipinski definition) is 4. The highest BCUT2D eigenvalue weighted by Gasteiger charge is 2.54. The van der Waals surface area contributed by atoms with Crippen molar-refractivity contribution in [3.05, 3.63) is 69.7 Å². The molecule has 0 unspecified atom stereocenters. The van der Waals surface area contributed by atoms with Crippen LogP contribution < -0.4 is 0 Å². The van der Waals surface area contributed by atoms with Crippen molar-refractivity contribution in [1.29, 1.82) is 0 Å². The van der Waals surface area contributed by atoms with Crippen molar-refractivity contribution >= 4 is 44.9 Å². The fraction of sp³-hybridized carbons (Fsp3) is 0.462. The summed E-state index contributed by atoms with van der Waals surface area (Å²) in [6.07, 6.45) is 2.78. The topological polar surface area (TPSA) is 91.8 Å². The fourth-order valence-electron chi connectivity index (χ4n) is 5.48. The number of carbonyl (C=O) groups is 2. The van der Waals surface area contributed by atoms with Crippen molar-refractivity contribution in [1.82, 2.24) is 4.90 Å². The molecule has 1 amide bonds. The minimum atomic E-state index is -3.42. The van der Waals surface area contributed by atoms with E-state index in [1.165, 1.54) is 6.26 Å². The summed E-state index contributed by atoms with van der Waals surface area (Å²) in [4.78, 5) is 27.7. The van der Waals surface area contributed by atoms with E-state index in [0.717, 1.165) is 24.0 Å². The zero-order chi connectivity index (χ0) is 25.5. The number of carboxylic acid groups (broad SMARTS) is 1. The van der Waals surface area contributed by atoms with Crippen LogP contribution in [0.3, 0.4) is 0 Å². The molecule has 4 rings (SSSR count). The molecule has 1 saturated heterocycles. The van der Waals surface area contributed by atoms with Crippen molar-refractivity contribution in [3.63, 3.8) is 0 Å². The fourth-order valence-corrected chi connectivity index (χ4v) is 6.86. The number of carboxylic acids is 1. The van der Waals surface area contributed by atoms with E-state index in [1.54, 1.807) is 30.0 Å². The van der Waals surface area contributed by atoms with Gasteiger partial charge in [0.25, 0.3) is 0 Å². The molecule has 1 heterocycles. The lowest BCUT2D eigenvalue weighted by Gasteiger charge is -2.52. The molecule has 9 heteroatoms. The molecular formula is C26H29Cl2NO5S. The van der Waals surface area contributed by atoms with Gasteiger partial charge in [0.15, 0.2) is 0 Å². The summed E-state index contributed by atoms with van der Waals surface area (Å²) in [5.41, 5.74) is 0.497. The largest absolute Gasteiger partial charge is 0.481 e. The average Bonchev–Trinajstić information content (AvgIpc) is 3.59. The number of sulfone groups is 1. The van der Waals surface area contributed by atoms with Gasteiger partial charge in [-0.3, -0.25) is 9.59 Å². The smallest absolute Gasteiger partial charge is 0.304 e. The lowest BCUT2D eigenvalue weighted by Crippen LogP contribution is -2.58. The van der Waals surface area contributed by atoms with Gasteiger partial charge in [0.05, 0.1) is 23.6 Å². The third kappa shape index (κ3) is 5.84. The molecule has 1 aliphatic carbocycles. The quantitative estimate of drug-likeness (QED) is 0.489. The van der Waals surface area contributed by atoms with Gasteiger partial charge in [-0.05, 0) is 60.6 Å². The Kier molecular flexibility index (Phi) is 7.24. The van der Waals surface area contributed by atoms with Crippen LogP contribution in [0.5, 0.6) is 0 Å². The van der Waals surface area contributed by atoms with Gasteiger partial charge in [-0.2, -0.15) is 0 Å². The maximum Gasteiger partial charge on any atom is 0.304 e. The number of halogens is 2. The normalized spacial score (nSPS) is 25.9. The first-order chi connectivity index (χ1) is 16.4. The second-order valence-electron chi connectivity index (χ2n) is 10.2. The Labute approximate surface area is 216 Å². The maximum absolute atomic E-state index is 14.2. The first-order valence-electron chi connectivity index (χ1n) is 11.6. The van der Waals surface area contributed by atoms with Gasteiger partial charge in [0.2, 0.25) is 5.91 Å². The molecule has 2 aromatic rings. The predicted octanol–water partition coefficient (Wildman–Crippen LogP) is 5.35. The third-order valence-corrected chi connectivity index (χ3v) is 8.56. The van der Waals surface area contributed by atoms with Crippen molar-refractivity contribution < 1.29 is 23.1 Å². The number of likely N-dealkylation sites (tertiary alicyclic amines) is 1. The second kappa shape index (κ2) is 9.75. The monoisotopic (exact) mass is 537 g/mol. The van der Waals surface area contributed by atoms with Crippen LogP contribution in [-0.4, -0.2) is 48.4 Å². The van der Waals surface area contributed by atoms with Crippen molar-refractivity contribution in [2.45, 2.75) is 50.6 Å². The number of amides is 1. The van der Waals surface area contributed by atoms with Gasteiger partial charge in [0.1, 0.15) is 9.84 Å². The third-order valence-electron chi connectivity index (χ3n) is 7.13. The zero-order valence-electron chi connectivity index (χ0n) is 19.7. The highest BCUT2D eigenvalue weighted by Crippen LogP contribution is 2.54. The number of rotatable bonds is 8. The van der Waals surface area contributed by atoms with E-state index in [4.69, 9.17) is 23.2 Å². The molecule has 1 saturated carbocycles. The Hall–Kier alpha value is -2.09. The number of carbonyl (C=O) groups excluding carboxylic acids is 1. The number of benzene rings is 2. The van der Waals surface area contributed by atoms with E-state index in [-0.39, 0.29) is 29.9 Å². The summed E-state index contributed by atoms with van der Waals surface area (Å²) >= 11 is 12.5. The van der Waals surface area contributed by atoms with Gasteiger partial charge >= 0.3 is 5.97 Å². The molecule has 4 atom stereocenters. The molecule has 0 aromatic heterocycles. The first kappa shape index (κ1) is 26.0. The van der Waals surface area contributed by atoms with Crippen LogP contribution in [0.2, 0.25) is 10.0 Å². The SMILES string of the molecule is C[C@]1(CC(=O)O)C[C@H](c2cccc(Cl)c2)[C@@H](c2ccc(Cl)cc2)N([C@H](CS(C)(=O)=O)C2CC2)C1=O. The molecule has 0 spiro atoms. The number of hydrogen-bond donors (Lipinski definition) is 1. The van der Waals surface area contributed by atoms with Crippen LogP contribution >= 0.6 is 23.2 Å². The highest BCUT2D eigenvalue weighted by atomic mass is 35.5. The molecule has 0 radical (unpaired) electrons. The Balaban J connectivity index is 1.93. The van der Waals surface area contributed by atoms with E-state index >= 15 is 0 Å². The van der Waals surface area contributed by atoms with E-state index in [9.17, 15) is 23.1 Å². The van der Waals surface area contributed by atoms with E-state index < -0.39 is 33.3 Å². The van der Waals surface area contributed by atoms with Crippen molar-refractivity contribution in [2.75, 3.05) is 12.0 Å². The van der Waals surface area contributed by atoms with Crippen LogP contribution in [0.4, 0.5) is 0 Å². The summed E-state index contributed by atoms with van der Waals surface area (Å²) in [5, 5.41) is 10.8. The Morgan fingerprint density at radius 1 is 1.11 bits per heavy atom. The highest BCUT2D eigenvalue weighted by molar-refractivity contribution is 7.90. The van der Waals surface area contributed by atoms with E-state index in [0.29, 0.717) is 16.5 Å². The van der Waals surface area contributed by atoms with E-state index in [1.807, 2.05) is 30.3 Å². The minimum absolute atomic E-state index is 0.0515. The van der Waals surface area contributed by atoms with Crippen LogP contribution in [0, 0.1) is 11.3 Å². The van der Waals surface area contributed by atoms with Gasteiger partial charge in [-0.1, -0.05) is 54.4 Å². The van der Waals surface area contributed by atoms with Gasteiger partial charge in [0, 0.05) is 28.3 Å². The van der Waals surface area contributed by atoms with Gasteiger partial charge < -0.3 is 10.0 Å². The molecule has 2 aromatic carbocycles. The Morgan fingerprint density at radius 3 is 2.31 bits per heavy atom. The molecule has 1 N–H and O–H groups in total. The summed E-state index contributed by atoms with van der Waals surface area (Å²) < 4.78 is 25.0. The maximum atomic E-state index is 14.2. The van der Waals surface area contributed by atoms with Crippen molar-refractivity contribution in [3.8, 4) is 0 Å². The summed E-state index contributed by atoms with van der Waals surface area (Å²) in [7, 11) is -3.42. The summed E-state index contributed by atoms with van der Waals surface area (Å²) in [5.74, 6) is -1.80. The molecule has 188 valence electrons. The second-order valence-corrected chi connectivity index (χ2v) is 13.3. The molecule has 6 nitrogen and oxygen atoms in total. The zero-order valence-corrected chi connectivity index (χ0v) is 22.0. The molecular weight excluding hydrogens is 509 g/mol. The number of piperidine rings is 1. The van der Waals surface area contributed by atoms with Crippen LogP contribution in [0.25, 0.3) is 0 Å². The Bertz CT molecular complexity index is 1230. The lowest BCUT2D eigenvalue weighted by atomic mass is 9.67. The predicted molar refractivity (Wildman–Crippen MR) is 136 cm³/mol. The van der Waals surface area contributed by atoms with E-state index in [2.05, 4.69) is 0 Å². The number of aliphatic carboxylic acids is 1. The molecule has 2 aliphatic rings. The minimum Gasteiger partial charge on any atom is -0.481 e. The Morgan fingerprint density at radius 2 is 1.77 bits per heavy atom. The van der Waals surface area contributed by atoms with Crippen molar-refractivity contribution in [2.24, 2.45) is 11.3 Å². The van der Waals surface area contributed by atoms with Gasteiger partial charge in [-0.15, -0.1) is 0 Å². The summed E-state index contributed by atoms with van der Waals surface area (Å²) in [6.45, 7) is 1.68. The molecule has 35 heavy (non-hydrogen) atoms. The molecule has 2 fully saturated rings. The summed E-state index contributed by atoms with van der Waals surface area (Å²) in [6, 6.07) is 13.5. The van der Waals surface area contributed by atoms with Crippen LogP contribution in [0.1, 0.15) is 55.7 Å². The van der Waals surface area contributed by atoms with Crippen LogP contribution in [-0.2, 0) is 19.4 Å². The average molecular weight is 538 g/mol. The first-order valence-corrected chi connectivity index (χ1v) is 14.4.